The third kappa shape index (κ3) is 11.2. The van der Waals surface area contributed by atoms with Crippen molar-refractivity contribution in [2.45, 2.75) is 0 Å². The van der Waals surface area contributed by atoms with Gasteiger partial charge in [0.15, 0.2) is 0 Å². The van der Waals surface area contributed by atoms with E-state index in [0.717, 1.165) is 123 Å². The van der Waals surface area contributed by atoms with Gasteiger partial charge in [-0.25, -0.2) is 0 Å². The minimum Gasteiger partial charge on any atom is -0.309 e. The minimum absolute atomic E-state index is 1.09. The second-order valence-electron chi connectivity index (χ2n) is 31.6. The molecule has 0 aliphatic carbocycles. The molecule has 554 valence electrons. The lowest BCUT2D eigenvalue weighted by atomic mass is 9.95. The number of benzene rings is 19. The summed E-state index contributed by atoms with van der Waals surface area (Å²) in [6.45, 7) is 0. The van der Waals surface area contributed by atoms with Crippen LogP contribution in [0.25, 0.3) is 226 Å². The first-order valence-corrected chi connectivity index (χ1v) is 41.0. The Bertz CT molecular complexity index is 8140. The van der Waals surface area contributed by atoms with Crippen LogP contribution in [0.4, 0.5) is 0 Å². The average molecular weight is 1510 g/mol. The molecule has 119 heavy (non-hydrogen) atoms. The molecule has 24 rings (SSSR count). The molecule has 5 aromatic heterocycles. The van der Waals surface area contributed by atoms with Crippen molar-refractivity contribution >= 4 is 109 Å². The summed E-state index contributed by atoms with van der Waals surface area (Å²) in [5, 5.41) is 12.2. The number of rotatable bonds is 13. The van der Waals surface area contributed by atoms with E-state index in [1.807, 2.05) is 0 Å². The molecule has 0 fully saturated rings. The maximum atomic E-state index is 2.50. The first-order chi connectivity index (χ1) is 59.0. The molecular formula is C114H73N5. The van der Waals surface area contributed by atoms with Gasteiger partial charge in [0.1, 0.15) is 0 Å². The van der Waals surface area contributed by atoms with E-state index in [1.165, 1.54) is 104 Å². The summed E-state index contributed by atoms with van der Waals surface area (Å²) < 4.78 is 12.3. The van der Waals surface area contributed by atoms with Gasteiger partial charge in [0.2, 0.25) is 0 Å². The van der Waals surface area contributed by atoms with Crippen molar-refractivity contribution in [3.05, 3.63) is 443 Å². The van der Waals surface area contributed by atoms with Crippen LogP contribution in [0.15, 0.2) is 443 Å². The first kappa shape index (κ1) is 67.7. The summed E-state index contributed by atoms with van der Waals surface area (Å²) in [6, 6.07) is 164. The van der Waals surface area contributed by atoms with Gasteiger partial charge in [0.25, 0.3) is 0 Å². The van der Waals surface area contributed by atoms with Crippen molar-refractivity contribution in [3.8, 4) is 117 Å². The Hall–Kier alpha value is -15.8. The third-order valence-corrected chi connectivity index (χ3v) is 24.8. The summed E-state index contributed by atoms with van der Waals surface area (Å²) in [4.78, 5) is 0. The molecule has 5 heteroatoms. The van der Waals surface area contributed by atoms with E-state index in [-0.39, 0.29) is 0 Å². The molecule has 0 radical (unpaired) electrons. The number of aromatic nitrogens is 5. The van der Waals surface area contributed by atoms with Crippen LogP contribution < -0.4 is 0 Å². The van der Waals surface area contributed by atoms with Crippen LogP contribution in [0.3, 0.4) is 0 Å². The number of hydrogen-bond donors (Lipinski definition) is 0. The molecule has 5 nitrogen and oxygen atoms in total. The smallest absolute Gasteiger partial charge is 0.0547 e. The van der Waals surface area contributed by atoms with Crippen molar-refractivity contribution in [1.82, 2.24) is 22.8 Å². The Morgan fingerprint density at radius 1 is 0.0924 bits per heavy atom. The monoisotopic (exact) mass is 1510 g/mol. The molecule has 19 aromatic carbocycles. The van der Waals surface area contributed by atoms with Crippen LogP contribution in [0.5, 0.6) is 0 Å². The third-order valence-electron chi connectivity index (χ3n) is 24.8. The van der Waals surface area contributed by atoms with Crippen LogP contribution in [-0.2, 0) is 0 Å². The summed E-state index contributed by atoms with van der Waals surface area (Å²) in [7, 11) is 0. The quantitative estimate of drug-likeness (QED) is 0.110. The van der Waals surface area contributed by atoms with Gasteiger partial charge in [-0.2, -0.15) is 0 Å². The lowest BCUT2D eigenvalue weighted by Gasteiger charge is -2.16. The van der Waals surface area contributed by atoms with Crippen LogP contribution >= 0.6 is 0 Å². The van der Waals surface area contributed by atoms with Crippen molar-refractivity contribution in [1.29, 1.82) is 0 Å². The van der Waals surface area contributed by atoms with Crippen molar-refractivity contribution in [2.75, 3.05) is 0 Å². The molecule has 0 saturated carbocycles. The van der Waals surface area contributed by atoms with E-state index < -0.39 is 0 Å². The fourth-order valence-electron chi connectivity index (χ4n) is 19.3. The summed E-state index contributed by atoms with van der Waals surface area (Å²) in [6.07, 6.45) is 0. The van der Waals surface area contributed by atoms with Gasteiger partial charge < -0.3 is 22.8 Å². The number of hydrogen-bond acceptors (Lipinski definition) is 0. The summed E-state index contributed by atoms with van der Waals surface area (Å²) >= 11 is 0. The summed E-state index contributed by atoms with van der Waals surface area (Å²) in [5.74, 6) is 0. The normalized spacial score (nSPS) is 11.9. The predicted octanol–water partition coefficient (Wildman–Crippen LogP) is 30.5. The molecule has 0 N–H and O–H groups in total. The Morgan fingerprint density at radius 2 is 0.277 bits per heavy atom. The largest absolute Gasteiger partial charge is 0.309 e. The first-order valence-electron chi connectivity index (χ1n) is 41.0. The molecule has 0 unspecified atom stereocenters. The van der Waals surface area contributed by atoms with Gasteiger partial charge in [0.05, 0.1) is 55.2 Å². The van der Waals surface area contributed by atoms with Gasteiger partial charge in [0, 0.05) is 82.3 Å². The minimum atomic E-state index is 1.09. The lowest BCUT2D eigenvalue weighted by molar-refractivity contribution is 1.18. The molecule has 0 spiro atoms. The van der Waals surface area contributed by atoms with Gasteiger partial charge >= 0.3 is 0 Å². The maximum absolute atomic E-state index is 2.50. The van der Waals surface area contributed by atoms with E-state index in [9.17, 15) is 0 Å². The zero-order chi connectivity index (χ0) is 78.2. The molecule has 5 heterocycles. The molecule has 0 saturated heterocycles. The molecule has 0 bridgehead atoms. The Labute approximate surface area is 687 Å². The van der Waals surface area contributed by atoms with Crippen molar-refractivity contribution < 1.29 is 0 Å². The zero-order valence-electron chi connectivity index (χ0n) is 64.9. The number of para-hydroxylation sites is 6. The fraction of sp³-hybridized carbons (Fsp3) is 0. The molecule has 0 aliphatic rings. The highest BCUT2D eigenvalue weighted by Gasteiger charge is 2.24. The van der Waals surface area contributed by atoms with Gasteiger partial charge in [-0.05, 0) is 229 Å². The van der Waals surface area contributed by atoms with Crippen molar-refractivity contribution in [3.63, 3.8) is 0 Å². The molecule has 24 aromatic rings. The van der Waals surface area contributed by atoms with Crippen LogP contribution in [-0.4, -0.2) is 22.8 Å². The molecule has 0 atom stereocenters. The van der Waals surface area contributed by atoms with Crippen LogP contribution in [0, 0.1) is 0 Å². The Morgan fingerprint density at radius 3 is 0.597 bits per heavy atom. The fourth-order valence-corrected chi connectivity index (χ4v) is 19.3. The number of nitrogens with zero attached hydrogens (tertiary/aromatic N) is 5. The van der Waals surface area contributed by atoms with E-state index in [1.54, 1.807) is 0 Å². The van der Waals surface area contributed by atoms with Crippen LogP contribution in [0.2, 0.25) is 0 Å². The summed E-state index contributed by atoms with van der Waals surface area (Å²) in [5.41, 5.74) is 35.7. The zero-order valence-corrected chi connectivity index (χ0v) is 64.9. The van der Waals surface area contributed by atoms with E-state index in [4.69, 9.17) is 0 Å². The average Bonchev–Trinajstić information content (AvgIpc) is 1.53. The van der Waals surface area contributed by atoms with Gasteiger partial charge in [-0.3, -0.25) is 0 Å². The van der Waals surface area contributed by atoms with E-state index in [0.29, 0.717) is 0 Å². The highest BCUT2D eigenvalue weighted by molar-refractivity contribution is 6.16. The van der Waals surface area contributed by atoms with Crippen LogP contribution in [0.1, 0.15) is 0 Å². The molecule has 0 amide bonds. The van der Waals surface area contributed by atoms with Gasteiger partial charge in [-0.15, -0.1) is 0 Å². The Balaban J connectivity index is 0.602. The Kier molecular flexibility index (Phi) is 15.6. The number of fused-ring (bicyclic) bond motifs is 15. The second kappa shape index (κ2) is 27.5. The van der Waals surface area contributed by atoms with E-state index in [2.05, 4.69) is 466 Å². The highest BCUT2D eigenvalue weighted by Crippen LogP contribution is 2.46. The maximum Gasteiger partial charge on any atom is 0.0547 e. The lowest BCUT2D eigenvalue weighted by Crippen LogP contribution is -1.97. The second-order valence-corrected chi connectivity index (χ2v) is 31.6. The van der Waals surface area contributed by atoms with Gasteiger partial charge in [-0.1, -0.05) is 303 Å². The molecule has 0 aliphatic heterocycles. The van der Waals surface area contributed by atoms with Crippen molar-refractivity contribution in [2.24, 2.45) is 0 Å². The molecular weight excluding hydrogens is 1440 g/mol. The predicted molar refractivity (Wildman–Crippen MR) is 502 cm³/mol. The SMILES string of the molecule is c1ccc(-c2cc(-c3ccccc3)cc(-n3c4ccccc4c4ccc(-c5ccc6c7ccccc7n(-c7cc(-c8ccccc8)cc(-c8cccc(-c9cccc(-n%10c%11ccccc%11c%11ccc(-c%12ccc%13c%14ccc(-c%15ccc%16c%17ccccc%17n(-c%17ccccc%17)c%16c%15)cc%14n(-c%14ccccc%14)c%13c%12)cc%11%10)c9)c8)c7)c6c5)cc43)c2)cc1. The van der Waals surface area contributed by atoms with E-state index >= 15 is 0 Å². The standard InChI is InChI=1S/C114H73N5/c1-6-26-74(27-7-1)86-61-87(75-28-8-2-9-29-75)65-93(64-86)118-107-46-22-18-42-97(107)101-56-50-84(72-113(101)118)85-51-57-102-98-43-19-23-47-108(98)119(114(102)73-85)94-66-88(76-30-10-3-11-31-76)62-89(67-94)78-33-24-32-77(60-78)79-34-25-39-92(63-79)117-106-45-21-17-41-96(106)100-55-49-83(71-112(100)117)82-53-59-104-103-58-52-81(69-110(103)116(111(104)70-82)91-37-14-5-15-38-91)80-48-54-99-95-40-16-20-44-105(95)115(109(99)68-80)90-35-12-4-13-36-90/h1-73H. The topological polar surface area (TPSA) is 24.6 Å². The highest BCUT2D eigenvalue weighted by atomic mass is 15.0.